The summed E-state index contributed by atoms with van der Waals surface area (Å²) in [6, 6.07) is 12.0. The Morgan fingerprint density at radius 2 is 1.80 bits per heavy atom. The highest BCUT2D eigenvalue weighted by Gasteiger charge is 2.28. The predicted octanol–water partition coefficient (Wildman–Crippen LogP) is 2.93. The van der Waals surface area contributed by atoms with Crippen molar-refractivity contribution >= 4 is 29.3 Å². The van der Waals surface area contributed by atoms with Crippen molar-refractivity contribution in [1.29, 1.82) is 0 Å². The van der Waals surface area contributed by atoms with Crippen LogP contribution in [0, 0.1) is 0 Å². The van der Waals surface area contributed by atoms with E-state index in [0.29, 0.717) is 22.7 Å². The molecule has 6 heteroatoms. The topological polar surface area (TPSA) is 75.3 Å². The van der Waals surface area contributed by atoms with Gasteiger partial charge in [-0.05, 0) is 35.9 Å². The van der Waals surface area contributed by atoms with E-state index < -0.39 is 11.8 Å². The molecule has 0 aromatic heterocycles. The molecule has 0 atom stereocenters. The average molecular weight is 357 g/mol. The molecule has 1 heterocycles. The van der Waals surface area contributed by atoms with Crippen LogP contribution in [0.4, 0.5) is 0 Å². The Balaban J connectivity index is 1.74. The van der Waals surface area contributed by atoms with Gasteiger partial charge in [-0.25, -0.2) is 0 Å². The van der Waals surface area contributed by atoms with Crippen LogP contribution in [0.15, 0.2) is 42.5 Å². The third-order valence-electron chi connectivity index (χ3n) is 4.30. The van der Waals surface area contributed by atoms with Crippen LogP contribution in [0.3, 0.4) is 0 Å². The molecule has 1 aliphatic heterocycles. The number of hydrogen-bond acceptors (Lipinski definition) is 3. The second-order valence-corrected chi connectivity index (χ2v) is 7.06. The molecule has 0 bridgehead atoms. The average Bonchev–Trinajstić information content (AvgIpc) is 2.86. The van der Waals surface area contributed by atoms with Crippen molar-refractivity contribution < 1.29 is 14.4 Å². The standard InChI is InChI=1S/C19H17ClN2O3/c1-19(2,12-4-3-5-13(20)9-12)10-21-16(23)11-6-7-14-15(8-11)18(25)22-17(14)24/h3-9H,10H2,1-2H3,(H,21,23)(H,22,24,25). The lowest BCUT2D eigenvalue weighted by Crippen LogP contribution is -2.36. The Bertz CT molecular complexity index is 890. The van der Waals surface area contributed by atoms with E-state index >= 15 is 0 Å². The minimum Gasteiger partial charge on any atom is -0.351 e. The van der Waals surface area contributed by atoms with Crippen LogP contribution in [-0.2, 0) is 5.41 Å². The molecule has 3 amide bonds. The van der Waals surface area contributed by atoms with Crippen LogP contribution in [0.5, 0.6) is 0 Å². The smallest absolute Gasteiger partial charge is 0.258 e. The number of nitrogens with one attached hydrogen (secondary N) is 2. The molecule has 0 saturated carbocycles. The monoisotopic (exact) mass is 356 g/mol. The van der Waals surface area contributed by atoms with Gasteiger partial charge in [-0.2, -0.15) is 0 Å². The number of amides is 3. The van der Waals surface area contributed by atoms with Crippen molar-refractivity contribution in [1.82, 2.24) is 10.6 Å². The van der Waals surface area contributed by atoms with E-state index in [-0.39, 0.29) is 16.9 Å². The van der Waals surface area contributed by atoms with E-state index in [4.69, 9.17) is 11.6 Å². The first kappa shape index (κ1) is 17.2. The van der Waals surface area contributed by atoms with Crippen LogP contribution in [-0.4, -0.2) is 24.3 Å². The largest absolute Gasteiger partial charge is 0.351 e. The molecule has 128 valence electrons. The number of carbonyl (C=O) groups is 3. The van der Waals surface area contributed by atoms with E-state index in [1.54, 1.807) is 12.1 Å². The van der Waals surface area contributed by atoms with Crippen LogP contribution >= 0.6 is 11.6 Å². The van der Waals surface area contributed by atoms with Gasteiger partial charge in [0.1, 0.15) is 0 Å². The maximum atomic E-state index is 12.4. The molecule has 2 N–H and O–H groups in total. The highest BCUT2D eigenvalue weighted by molar-refractivity contribution is 6.30. The van der Waals surface area contributed by atoms with Crippen LogP contribution in [0.2, 0.25) is 5.02 Å². The summed E-state index contributed by atoms with van der Waals surface area (Å²) in [4.78, 5) is 35.7. The zero-order valence-electron chi connectivity index (χ0n) is 13.9. The van der Waals surface area contributed by atoms with E-state index in [0.717, 1.165) is 5.56 Å². The van der Waals surface area contributed by atoms with Crippen molar-refractivity contribution in [2.45, 2.75) is 19.3 Å². The Morgan fingerprint density at radius 3 is 2.52 bits per heavy atom. The molecule has 25 heavy (non-hydrogen) atoms. The van der Waals surface area contributed by atoms with Gasteiger partial charge in [0.25, 0.3) is 17.7 Å². The fourth-order valence-electron chi connectivity index (χ4n) is 2.72. The van der Waals surface area contributed by atoms with Gasteiger partial charge in [-0.15, -0.1) is 0 Å². The van der Waals surface area contributed by atoms with Gasteiger partial charge >= 0.3 is 0 Å². The zero-order valence-corrected chi connectivity index (χ0v) is 14.6. The molecular formula is C19H17ClN2O3. The molecule has 2 aromatic rings. The molecule has 5 nitrogen and oxygen atoms in total. The van der Waals surface area contributed by atoms with Gasteiger partial charge in [-0.1, -0.05) is 37.6 Å². The molecule has 1 aliphatic rings. The minimum absolute atomic E-state index is 0.228. The highest BCUT2D eigenvalue weighted by atomic mass is 35.5. The van der Waals surface area contributed by atoms with Crippen LogP contribution < -0.4 is 10.6 Å². The fraction of sp³-hybridized carbons (Fsp3) is 0.211. The van der Waals surface area contributed by atoms with Crippen molar-refractivity contribution in [3.8, 4) is 0 Å². The summed E-state index contributed by atoms with van der Waals surface area (Å²) in [5.74, 6) is -1.21. The number of hydrogen-bond donors (Lipinski definition) is 2. The van der Waals surface area contributed by atoms with E-state index in [1.165, 1.54) is 12.1 Å². The Kier molecular flexibility index (Phi) is 4.35. The highest BCUT2D eigenvalue weighted by Crippen LogP contribution is 2.25. The molecule has 0 aliphatic carbocycles. The molecule has 0 spiro atoms. The first-order valence-electron chi connectivity index (χ1n) is 7.82. The van der Waals surface area contributed by atoms with Gasteiger partial charge < -0.3 is 5.32 Å². The predicted molar refractivity (Wildman–Crippen MR) is 95.0 cm³/mol. The van der Waals surface area contributed by atoms with Gasteiger partial charge in [0.15, 0.2) is 0 Å². The van der Waals surface area contributed by atoms with Gasteiger partial charge in [0, 0.05) is 22.5 Å². The summed E-state index contributed by atoms with van der Waals surface area (Å²) in [7, 11) is 0. The third kappa shape index (κ3) is 3.42. The summed E-state index contributed by atoms with van der Waals surface area (Å²) in [5, 5.41) is 5.73. The molecule has 0 unspecified atom stereocenters. The molecule has 2 aromatic carbocycles. The minimum atomic E-state index is -0.478. The van der Waals surface area contributed by atoms with E-state index in [1.807, 2.05) is 32.0 Å². The molecular weight excluding hydrogens is 340 g/mol. The zero-order chi connectivity index (χ0) is 18.2. The molecule has 0 fully saturated rings. The van der Waals surface area contributed by atoms with Crippen LogP contribution in [0.1, 0.15) is 50.5 Å². The number of imide groups is 1. The second kappa shape index (κ2) is 6.33. The molecule has 0 radical (unpaired) electrons. The first-order valence-corrected chi connectivity index (χ1v) is 8.20. The number of carbonyl (C=O) groups excluding carboxylic acids is 3. The van der Waals surface area contributed by atoms with Crippen molar-refractivity contribution in [3.63, 3.8) is 0 Å². The number of fused-ring (bicyclic) bond motifs is 1. The lowest BCUT2D eigenvalue weighted by molar-refractivity contribution is 0.0878. The van der Waals surface area contributed by atoms with Crippen molar-refractivity contribution in [2.75, 3.05) is 6.54 Å². The normalized spacial score (nSPS) is 13.4. The summed E-state index contributed by atoms with van der Waals surface area (Å²) < 4.78 is 0. The Morgan fingerprint density at radius 1 is 1.08 bits per heavy atom. The Hall–Kier alpha value is -2.66. The summed E-state index contributed by atoms with van der Waals surface area (Å²) in [6.45, 7) is 4.41. The van der Waals surface area contributed by atoms with Crippen molar-refractivity contribution in [3.05, 3.63) is 69.7 Å². The molecule has 0 saturated heterocycles. The number of halogens is 1. The fourth-order valence-corrected chi connectivity index (χ4v) is 2.91. The summed E-state index contributed by atoms with van der Waals surface area (Å²) in [6.07, 6.45) is 0. The quantitative estimate of drug-likeness (QED) is 0.827. The second-order valence-electron chi connectivity index (χ2n) is 6.62. The lowest BCUT2D eigenvalue weighted by Gasteiger charge is -2.26. The van der Waals surface area contributed by atoms with Gasteiger partial charge in [0.05, 0.1) is 11.1 Å². The lowest BCUT2D eigenvalue weighted by atomic mass is 9.84. The SMILES string of the molecule is CC(C)(CNC(=O)c1ccc2c(c1)C(=O)NC2=O)c1cccc(Cl)c1. The first-order chi connectivity index (χ1) is 11.8. The van der Waals surface area contributed by atoms with Crippen LogP contribution in [0.25, 0.3) is 0 Å². The Labute approximate surface area is 150 Å². The number of benzene rings is 2. The number of rotatable bonds is 4. The maximum absolute atomic E-state index is 12.4. The van der Waals surface area contributed by atoms with Gasteiger partial charge in [0.2, 0.25) is 0 Å². The van der Waals surface area contributed by atoms with E-state index in [9.17, 15) is 14.4 Å². The third-order valence-corrected chi connectivity index (χ3v) is 4.53. The maximum Gasteiger partial charge on any atom is 0.258 e. The summed E-state index contributed by atoms with van der Waals surface area (Å²) in [5.41, 5.74) is 1.56. The van der Waals surface area contributed by atoms with Crippen molar-refractivity contribution in [2.24, 2.45) is 0 Å². The van der Waals surface area contributed by atoms with Gasteiger partial charge in [-0.3, -0.25) is 19.7 Å². The molecule has 3 rings (SSSR count). The van der Waals surface area contributed by atoms with E-state index in [2.05, 4.69) is 10.6 Å². The summed E-state index contributed by atoms with van der Waals surface area (Å²) >= 11 is 6.04.